The van der Waals surface area contributed by atoms with Gasteiger partial charge in [0.15, 0.2) is 0 Å². The van der Waals surface area contributed by atoms with Crippen molar-refractivity contribution in [3.8, 4) is 0 Å². The second-order valence-corrected chi connectivity index (χ2v) is 3.04. The van der Waals surface area contributed by atoms with Gasteiger partial charge in [-0.15, -0.1) is 0 Å². The fourth-order valence-electron chi connectivity index (χ4n) is 0.973. The second kappa shape index (κ2) is 5.57. The molecule has 1 amide bonds. The normalized spacial score (nSPS) is 13.3. The van der Waals surface area contributed by atoms with Crippen molar-refractivity contribution in [2.45, 2.75) is 38.4 Å². The number of carbonyl (C=O) groups is 2. The molecule has 0 aromatic heterocycles. The molecular formula is C8H12F3NO3. The molecule has 0 rings (SSSR count). The van der Waals surface area contributed by atoms with E-state index >= 15 is 0 Å². The van der Waals surface area contributed by atoms with Gasteiger partial charge in [-0.1, -0.05) is 13.3 Å². The predicted molar refractivity (Wildman–Crippen MR) is 45.1 cm³/mol. The number of nitrogens with one attached hydrogen (secondary N) is 1. The van der Waals surface area contributed by atoms with Gasteiger partial charge in [0.1, 0.15) is 12.5 Å². The first-order valence-corrected chi connectivity index (χ1v) is 4.35. The van der Waals surface area contributed by atoms with Gasteiger partial charge in [0.2, 0.25) is 5.91 Å². The van der Waals surface area contributed by atoms with Crippen LogP contribution in [0, 0.1) is 0 Å². The maximum absolute atomic E-state index is 11.7. The van der Waals surface area contributed by atoms with Crippen LogP contribution >= 0.6 is 0 Å². The zero-order chi connectivity index (χ0) is 12.1. The molecule has 0 aromatic rings. The van der Waals surface area contributed by atoms with Gasteiger partial charge in [-0.05, 0) is 6.42 Å². The van der Waals surface area contributed by atoms with Gasteiger partial charge >= 0.3 is 12.1 Å². The van der Waals surface area contributed by atoms with Crippen LogP contribution in [-0.4, -0.2) is 29.2 Å². The van der Waals surface area contributed by atoms with Gasteiger partial charge in [0, 0.05) is 0 Å². The molecule has 15 heavy (non-hydrogen) atoms. The Labute approximate surface area is 84.5 Å². The van der Waals surface area contributed by atoms with Crippen LogP contribution < -0.4 is 5.32 Å². The van der Waals surface area contributed by atoms with Crippen molar-refractivity contribution in [2.24, 2.45) is 0 Å². The molecule has 0 saturated carbocycles. The maximum Gasteiger partial charge on any atom is 0.397 e. The van der Waals surface area contributed by atoms with Gasteiger partial charge in [-0.3, -0.25) is 4.79 Å². The highest BCUT2D eigenvalue weighted by atomic mass is 19.4. The van der Waals surface area contributed by atoms with Crippen molar-refractivity contribution in [3.63, 3.8) is 0 Å². The van der Waals surface area contributed by atoms with Crippen molar-refractivity contribution in [2.75, 3.05) is 0 Å². The maximum atomic E-state index is 11.7. The lowest BCUT2D eigenvalue weighted by atomic mass is 10.1. The molecule has 0 bridgehead atoms. The molecule has 0 aliphatic carbocycles. The van der Waals surface area contributed by atoms with Crippen LogP contribution in [0.25, 0.3) is 0 Å². The summed E-state index contributed by atoms with van der Waals surface area (Å²) in [5.74, 6) is -2.64. The SMILES string of the molecule is CCCC(NC(=O)CC(F)(F)F)C(=O)O. The van der Waals surface area contributed by atoms with E-state index < -0.39 is 30.5 Å². The van der Waals surface area contributed by atoms with Crippen LogP contribution in [-0.2, 0) is 9.59 Å². The van der Waals surface area contributed by atoms with E-state index in [0.29, 0.717) is 6.42 Å². The summed E-state index contributed by atoms with van der Waals surface area (Å²) < 4.78 is 35.2. The minimum Gasteiger partial charge on any atom is -0.480 e. The number of carboxylic acid groups (broad SMARTS) is 1. The van der Waals surface area contributed by atoms with Gasteiger partial charge in [0.25, 0.3) is 0 Å². The van der Waals surface area contributed by atoms with Crippen molar-refractivity contribution >= 4 is 11.9 Å². The molecule has 0 aliphatic rings. The number of carbonyl (C=O) groups excluding carboxylic acids is 1. The lowest BCUT2D eigenvalue weighted by Gasteiger charge is -2.14. The minimum absolute atomic E-state index is 0.110. The average Bonchev–Trinajstić information content (AvgIpc) is 1.99. The van der Waals surface area contributed by atoms with Crippen molar-refractivity contribution in [1.29, 1.82) is 0 Å². The lowest BCUT2D eigenvalue weighted by Crippen LogP contribution is -2.42. The Morgan fingerprint density at radius 1 is 1.40 bits per heavy atom. The summed E-state index contributed by atoms with van der Waals surface area (Å²) >= 11 is 0. The Hall–Kier alpha value is -1.27. The van der Waals surface area contributed by atoms with Gasteiger partial charge in [-0.2, -0.15) is 13.2 Å². The average molecular weight is 227 g/mol. The summed E-state index contributed by atoms with van der Waals surface area (Å²) in [6, 6.07) is -1.25. The molecule has 0 aliphatic heterocycles. The first kappa shape index (κ1) is 13.7. The molecule has 0 heterocycles. The van der Waals surface area contributed by atoms with E-state index in [9.17, 15) is 22.8 Å². The quantitative estimate of drug-likeness (QED) is 0.744. The Morgan fingerprint density at radius 2 is 1.93 bits per heavy atom. The van der Waals surface area contributed by atoms with Crippen molar-refractivity contribution < 1.29 is 27.9 Å². The molecule has 0 saturated heterocycles. The van der Waals surface area contributed by atoms with E-state index in [-0.39, 0.29) is 6.42 Å². The van der Waals surface area contributed by atoms with E-state index in [2.05, 4.69) is 0 Å². The lowest BCUT2D eigenvalue weighted by molar-refractivity contribution is -0.156. The van der Waals surface area contributed by atoms with Crippen molar-refractivity contribution in [1.82, 2.24) is 5.32 Å². The molecule has 1 unspecified atom stereocenters. The smallest absolute Gasteiger partial charge is 0.397 e. The third-order valence-electron chi connectivity index (χ3n) is 1.57. The molecule has 0 aromatic carbocycles. The van der Waals surface area contributed by atoms with E-state index in [1.54, 1.807) is 6.92 Å². The molecule has 88 valence electrons. The molecule has 1 atom stereocenters. The number of carboxylic acids is 1. The second-order valence-electron chi connectivity index (χ2n) is 3.04. The summed E-state index contributed by atoms with van der Waals surface area (Å²) in [6.45, 7) is 1.67. The molecular weight excluding hydrogens is 215 g/mol. The summed E-state index contributed by atoms with van der Waals surface area (Å²) in [7, 11) is 0. The third kappa shape index (κ3) is 6.75. The first-order valence-electron chi connectivity index (χ1n) is 4.35. The van der Waals surface area contributed by atoms with E-state index in [1.807, 2.05) is 5.32 Å². The van der Waals surface area contributed by atoms with E-state index in [1.165, 1.54) is 0 Å². The van der Waals surface area contributed by atoms with Gasteiger partial charge in [0.05, 0.1) is 0 Å². The summed E-state index contributed by atoms with van der Waals surface area (Å²) in [4.78, 5) is 21.2. The number of amides is 1. The molecule has 4 nitrogen and oxygen atoms in total. The van der Waals surface area contributed by atoms with Gasteiger partial charge in [-0.25, -0.2) is 4.79 Å². The largest absolute Gasteiger partial charge is 0.480 e. The first-order chi connectivity index (χ1) is 6.76. The van der Waals surface area contributed by atoms with Crippen LogP contribution in [0.4, 0.5) is 13.2 Å². The summed E-state index contributed by atoms with van der Waals surface area (Å²) in [5.41, 5.74) is 0. The standard InChI is InChI=1S/C8H12F3NO3/c1-2-3-5(7(14)15)12-6(13)4-8(9,10)11/h5H,2-4H2,1H3,(H,12,13)(H,14,15). The molecule has 0 radical (unpaired) electrons. The molecule has 2 N–H and O–H groups in total. The molecule has 7 heteroatoms. The third-order valence-corrected chi connectivity index (χ3v) is 1.57. The molecule has 0 fully saturated rings. The van der Waals surface area contributed by atoms with Crippen LogP contribution in [0.5, 0.6) is 0 Å². The summed E-state index contributed by atoms with van der Waals surface area (Å²) in [6.07, 6.45) is -5.69. The Balaban J connectivity index is 4.18. The number of halogens is 3. The Morgan fingerprint density at radius 3 is 2.27 bits per heavy atom. The molecule has 0 spiro atoms. The van der Waals surface area contributed by atoms with Crippen LogP contribution in [0.2, 0.25) is 0 Å². The van der Waals surface area contributed by atoms with E-state index in [0.717, 1.165) is 0 Å². The topological polar surface area (TPSA) is 66.4 Å². The highest BCUT2D eigenvalue weighted by Crippen LogP contribution is 2.19. The Kier molecular flexibility index (Phi) is 5.10. The minimum atomic E-state index is -4.61. The number of aliphatic carboxylic acids is 1. The number of hydrogen-bond acceptors (Lipinski definition) is 2. The summed E-state index contributed by atoms with van der Waals surface area (Å²) in [5, 5.41) is 10.4. The number of rotatable bonds is 5. The predicted octanol–water partition coefficient (Wildman–Crippen LogP) is 1.31. The van der Waals surface area contributed by atoms with Crippen molar-refractivity contribution in [3.05, 3.63) is 0 Å². The van der Waals surface area contributed by atoms with E-state index in [4.69, 9.17) is 5.11 Å². The number of alkyl halides is 3. The van der Waals surface area contributed by atoms with Crippen LogP contribution in [0.1, 0.15) is 26.2 Å². The Bertz CT molecular complexity index is 240. The fourth-order valence-corrected chi connectivity index (χ4v) is 0.973. The monoisotopic (exact) mass is 227 g/mol. The zero-order valence-corrected chi connectivity index (χ0v) is 8.10. The highest BCUT2D eigenvalue weighted by molar-refractivity contribution is 5.83. The highest BCUT2D eigenvalue weighted by Gasteiger charge is 2.32. The zero-order valence-electron chi connectivity index (χ0n) is 8.10. The van der Waals surface area contributed by atoms with Gasteiger partial charge < -0.3 is 10.4 Å². The van der Waals surface area contributed by atoms with Crippen LogP contribution in [0.3, 0.4) is 0 Å². The fraction of sp³-hybridized carbons (Fsp3) is 0.750. The van der Waals surface area contributed by atoms with Crippen LogP contribution in [0.15, 0.2) is 0 Å². The number of hydrogen-bond donors (Lipinski definition) is 2.